The molecule has 0 aromatic rings. The van der Waals surface area contributed by atoms with Gasteiger partial charge >= 0.3 is 0 Å². The van der Waals surface area contributed by atoms with Crippen LogP contribution < -0.4 is 10.0 Å². The Labute approximate surface area is 91.6 Å². The number of rotatable bonds is 4. The lowest BCUT2D eigenvalue weighted by molar-refractivity contribution is -0.0476. The van der Waals surface area contributed by atoms with Gasteiger partial charge in [0.05, 0.1) is 17.5 Å². The van der Waals surface area contributed by atoms with E-state index >= 15 is 0 Å². The number of hydrogen-bond acceptors (Lipinski definition) is 4. The molecule has 0 bridgehead atoms. The average molecular weight is 236 g/mol. The minimum atomic E-state index is -3.19. The summed E-state index contributed by atoms with van der Waals surface area (Å²) in [5, 5.41) is 2.78. The van der Waals surface area contributed by atoms with E-state index < -0.39 is 20.9 Å². The monoisotopic (exact) mass is 236 g/mol. The lowest BCUT2D eigenvalue weighted by Crippen LogP contribution is -2.54. The van der Waals surface area contributed by atoms with E-state index in [1.165, 1.54) is 0 Å². The summed E-state index contributed by atoms with van der Waals surface area (Å²) in [5.74, 6) is 0. The van der Waals surface area contributed by atoms with Gasteiger partial charge < -0.3 is 10.1 Å². The van der Waals surface area contributed by atoms with E-state index in [-0.39, 0.29) is 0 Å². The van der Waals surface area contributed by atoms with Crippen LogP contribution >= 0.6 is 0 Å². The van der Waals surface area contributed by atoms with Gasteiger partial charge in [0.15, 0.2) is 0 Å². The molecule has 1 atom stereocenters. The Morgan fingerprint density at radius 1 is 1.53 bits per heavy atom. The van der Waals surface area contributed by atoms with Gasteiger partial charge in [-0.15, -0.1) is 0 Å². The highest BCUT2D eigenvalue weighted by Crippen LogP contribution is 2.11. The van der Waals surface area contributed by atoms with Crippen molar-refractivity contribution in [3.63, 3.8) is 0 Å². The first kappa shape index (κ1) is 12.9. The van der Waals surface area contributed by atoms with Crippen LogP contribution in [0, 0.1) is 0 Å². The Hall–Kier alpha value is -0.170. The van der Waals surface area contributed by atoms with Gasteiger partial charge in [0.25, 0.3) is 0 Å². The average Bonchev–Trinajstić information content (AvgIpc) is 2.16. The van der Waals surface area contributed by atoms with Gasteiger partial charge in [-0.3, -0.25) is 0 Å². The van der Waals surface area contributed by atoms with Crippen molar-refractivity contribution in [2.24, 2.45) is 0 Å². The van der Waals surface area contributed by atoms with E-state index in [2.05, 4.69) is 10.0 Å². The van der Waals surface area contributed by atoms with E-state index in [1.54, 1.807) is 13.8 Å². The van der Waals surface area contributed by atoms with E-state index in [4.69, 9.17) is 4.74 Å². The normalized spacial score (nSPS) is 28.3. The number of sulfonamides is 1. The lowest BCUT2D eigenvalue weighted by Gasteiger charge is -2.34. The Morgan fingerprint density at radius 3 is 2.67 bits per heavy atom. The van der Waals surface area contributed by atoms with Gasteiger partial charge in [-0.05, 0) is 20.8 Å². The highest BCUT2D eigenvalue weighted by atomic mass is 32.2. The minimum absolute atomic E-state index is 0.320. The maximum absolute atomic E-state index is 11.5. The van der Waals surface area contributed by atoms with Gasteiger partial charge in [0.1, 0.15) is 0 Å². The predicted molar refractivity (Wildman–Crippen MR) is 59.3 cm³/mol. The van der Waals surface area contributed by atoms with Gasteiger partial charge in [-0.25, -0.2) is 13.1 Å². The summed E-state index contributed by atoms with van der Waals surface area (Å²) in [6, 6.07) is 0. The van der Waals surface area contributed by atoms with Crippen LogP contribution in [0.3, 0.4) is 0 Å². The highest BCUT2D eigenvalue weighted by Gasteiger charge is 2.29. The zero-order valence-corrected chi connectivity index (χ0v) is 10.4. The van der Waals surface area contributed by atoms with Crippen LogP contribution in [0.25, 0.3) is 0 Å². The molecule has 5 nitrogen and oxygen atoms in total. The second-order valence-electron chi connectivity index (χ2n) is 4.39. The van der Waals surface area contributed by atoms with Crippen LogP contribution in [0.15, 0.2) is 0 Å². The fourth-order valence-corrected chi connectivity index (χ4v) is 2.15. The van der Waals surface area contributed by atoms with Gasteiger partial charge in [-0.2, -0.15) is 0 Å². The second-order valence-corrected chi connectivity index (χ2v) is 6.71. The molecule has 0 saturated carbocycles. The maximum Gasteiger partial charge on any atom is 0.214 e. The standard InChI is InChI=1S/C9H20N2O3S/c1-8(2)15(12,13)11-7-9(3)6-10-4-5-14-9/h8,10-11H,4-7H2,1-3H3. The first-order valence-electron chi connectivity index (χ1n) is 5.19. The molecule has 0 amide bonds. The van der Waals surface area contributed by atoms with Crippen LogP contribution in [0.1, 0.15) is 20.8 Å². The molecule has 1 rings (SSSR count). The molecule has 1 aliphatic rings. The zero-order valence-electron chi connectivity index (χ0n) is 9.54. The fourth-order valence-electron chi connectivity index (χ4n) is 1.31. The molecule has 0 spiro atoms. The topological polar surface area (TPSA) is 67.4 Å². The number of ether oxygens (including phenoxy) is 1. The van der Waals surface area contributed by atoms with Crippen molar-refractivity contribution in [3.05, 3.63) is 0 Å². The van der Waals surface area contributed by atoms with Gasteiger partial charge in [-0.1, -0.05) is 0 Å². The molecule has 6 heteroatoms. The third kappa shape index (κ3) is 3.71. The van der Waals surface area contributed by atoms with Crippen LogP contribution in [0.5, 0.6) is 0 Å². The quantitative estimate of drug-likeness (QED) is 0.703. The van der Waals surface area contributed by atoms with Crippen LogP contribution in [-0.4, -0.2) is 45.5 Å². The molecule has 0 aromatic carbocycles. The van der Waals surface area contributed by atoms with E-state index in [1.807, 2.05) is 6.92 Å². The fraction of sp³-hybridized carbons (Fsp3) is 1.00. The summed E-state index contributed by atoms with van der Waals surface area (Å²) in [7, 11) is -3.19. The first-order chi connectivity index (χ1) is 6.86. The SMILES string of the molecule is CC(C)S(=O)(=O)NCC1(C)CNCCO1. The minimum Gasteiger partial charge on any atom is -0.371 e. The molecule has 0 aromatic heterocycles. The summed E-state index contributed by atoms with van der Waals surface area (Å²) in [6.45, 7) is 7.66. The zero-order chi connectivity index (χ0) is 11.5. The molecule has 1 saturated heterocycles. The molecule has 0 radical (unpaired) electrons. The molecule has 2 N–H and O–H groups in total. The molecular weight excluding hydrogens is 216 g/mol. The van der Waals surface area contributed by atoms with Gasteiger partial charge in [0.2, 0.25) is 10.0 Å². The Bertz CT molecular complexity index is 294. The third-order valence-electron chi connectivity index (χ3n) is 2.50. The van der Waals surface area contributed by atoms with E-state index in [0.29, 0.717) is 19.7 Å². The Morgan fingerprint density at radius 2 is 2.20 bits per heavy atom. The number of hydrogen-bond donors (Lipinski definition) is 2. The molecule has 15 heavy (non-hydrogen) atoms. The molecule has 0 aliphatic carbocycles. The first-order valence-corrected chi connectivity index (χ1v) is 6.73. The van der Waals surface area contributed by atoms with Crippen molar-refractivity contribution >= 4 is 10.0 Å². The molecular formula is C9H20N2O3S. The molecule has 1 fully saturated rings. The molecule has 90 valence electrons. The summed E-state index contributed by atoms with van der Waals surface area (Å²) in [4.78, 5) is 0. The van der Waals surface area contributed by atoms with Crippen LogP contribution in [0.2, 0.25) is 0 Å². The highest BCUT2D eigenvalue weighted by molar-refractivity contribution is 7.90. The van der Waals surface area contributed by atoms with Crippen molar-refractivity contribution in [1.29, 1.82) is 0 Å². The number of morpholine rings is 1. The van der Waals surface area contributed by atoms with Crippen LogP contribution in [0.4, 0.5) is 0 Å². The Kier molecular flexibility index (Phi) is 4.11. The Balaban J connectivity index is 2.48. The lowest BCUT2D eigenvalue weighted by atomic mass is 10.1. The largest absolute Gasteiger partial charge is 0.371 e. The third-order valence-corrected chi connectivity index (χ3v) is 4.28. The molecule has 1 heterocycles. The van der Waals surface area contributed by atoms with Crippen molar-refractivity contribution in [2.75, 3.05) is 26.2 Å². The summed E-state index contributed by atoms with van der Waals surface area (Å²) >= 11 is 0. The van der Waals surface area contributed by atoms with Crippen molar-refractivity contribution < 1.29 is 13.2 Å². The van der Waals surface area contributed by atoms with Gasteiger partial charge in [0, 0.05) is 19.6 Å². The second kappa shape index (κ2) is 4.78. The summed E-state index contributed by atoms with van der Waals surface area (Å²) < 4.78 is 31.2. The van der Waals surface area contributed by atoms with Crippen molar-refractivity contribution in [3.8, 4) is 0 Å². The van der Waals surface area contributed by atoms with E-state index in [9.17, 15) is 8.42 Å². The van der Waals surface area contributed by atoms with Crippen molar-refractivity contribution in [2.45, 2.75) is 31.6 Å². The van der Waals surface area contributed by atoms with Crippen molar-refractivity contribution in [1.82, 2.24) is 10.0 Å². The predicted octanol–water partition coefficient (Wildman–Crippen LogP) is -0.307. The molecule has 1 unspecified atom stereocenters. The molecule has 1 aliphatic heterocycles. The van der Waals surface area contributed by atoms with E-state index in [0.717, 1.165) is 6.54 Å². The summed E-state index contributed by atoms with van der Waals surface area (Å²) in [6.07, 6.45) is 0. The summed E-state index contributed by atoms with van der Waals surface area (Å²) in [5.41, 5.74) is -0.430. The maximum atomic E-state index is 11.5. The van der Waals surface area contributed by atoms with Crippen LogP contribution in [-0.2, 0) is 14.8 Å². The number of nitrogens with one attached hydrogen (secondary N) is 2. The smallest absolute Gasteiger partial charge is 0.214 e.